The second kappa shape index (κ2) is 11.1. The molecule has 1 fully saturated rings. The maximum absolute atomic E-state index is 13.2. The number of carbonyl (C=O) groups excluding carboxylic acids is 2. The highest BCUT2D eigenvalue weighted by Gasteiger charge is 2.32. The van der Waals surface area contributed by atoms with E-state index in [2.05, 4.69) is 22.1 Å². The molecule has 2 amide bonds. The minimum absolute atomic E-state index is 0.138. The van der Waals surface area contributed by atoms with Crippen molar-refractivity contribution in [1.82, 2.24) is 15.2 Å². The summed E-state index contributed by atoms with van der Waals surface area (Å²) >= 11 is 6.49. The second-order valence-electron chi connectivity index (χ2n) is 10.8. The van der Waals surface area contributed by atoms with Crippen molar-refractivity contribution in [3.8, 4) is 0 Å². The van der Waals surface area contributed by atoms with E-state index < -0.39 is 0 Å². The Balaban J connectivity index is 1.79. The highest BCUT2D eigenvalue weighted by molar-refractivity contribution is 6.31. The fourth-order valence-corrected chi connectivity index (χ4v) is 5.26. The first-order valence-corrected chi connectivity index (χ1v) is 13.0. The Morgan fingerprint density at radius 3 is 2.33 bits per heavy atom. The number of anilines is 1. The zero-order valence-corrected chi connectivity index (χ0v) is 23.3. The lowest BCUT2D eigenvalue weighted by Crippen LogP contribution is -2.49. The summed E-state index contributed by atoms with van der Waals surface area (Å²) < 4.78 is 0. The molecule has 0 bridgehead atoms. The third-order valence-corrected chi connectivity index (χ3v) is 7.21. The third kappa shape index (κ3) is 6.12. The molecule has 36 heavy (non-hydrogen) atoms. The number of aryl methyl sites for hydroxylation is 2. The maximum Gasteiger partial charge on any atom is 0.253 e. The number of hydrogen-bond donors (Lipinski definition) is 2. The molecule has 1 aliphatic heterocycles. The predicted molar refractivity (Wildman–Crippen MR) is 146 cm³/mol. The Morgan fingerprint density at radius 1 is 1.14 bits per heavy atom. The Hall–Kier alpha value is -2.80. The molecule has 0 aliphatic carbocycles. The van der Waals surface area contributed by atoms with Gasteiger partial charge in [-0.2, -0.15) is 0 Å². The zero-order chi connectivity index (χ0) is 26.8. The van der Waals surface area contributed by atoms with E-state index in [0.717, 1.165) is 41.9 Å². The molecule has 7 nitrogen and oxygen atoms in total. The largest absolute Gasteiger partial charge is 0.368 e. The first kappa shape index (κ1) is 27.8. The van der Waals surface area contributed by atoms with Gasteiger partial charge in [0.05, 0.1) is 0 Å². The minimum Gasteiger partial charge on any atom is -0.368 e. The monoisotopic (exact) mass is 514 g/mol. The summed E-state index contributed by atoms with van der Waals surface area (Å²) in [6, 6.07) is 5.74. The molecule has 8 heteroatoms. The van der Waals surface area contributed by atoms with Crippen molar-refractivity contribution in [3.05, 3.63) is 61.5 Å². The van der Waals surface area contributed by atoms with Crippen LogP contribution in [0.4, 0.5) is 5.69 Å². The number of piperidine rings is 1. The van der Waals surface area contributed by atoms with Gasteiger partial charge in [0.2, 0.25) is 5.91 Å². The molecule has 0 saturated carbocycles. The second-order valence-corrected chi connectivity index (χ2v) is 11.2. The third-order valence-electron chi connectivity index (χ3n) is 6.99. The van der Waals surface area contributed by atoms with Gasteiger partial charge in [0, 0.05) is 65.2 Å². The number of aromatic amines is 1. The van der Waals surface area contributed by atoms with Crippen molar-refractivity contribution >= 4 is 29.1 Å². The standard InChI is InChI=1S/C28H39ClN4O3/c1-8-33(21-9-11-32(12-10-21)27(36)28(5,6)7)24-15-20(29)14-22(19(24)4)25(34)30-16-23-17(2)13-18(3)31-26(23)35/h13-15,21H,8-12,16H2,1-7H3,(H,30,34)(H,31,35). The molecule has 3 rings (SSSR count). The van der Waals surface area contributed by atoms with Crippen LogP contribution >= 0.6 is 11.6 Å². The molecule has 0 unspecified atom stereocenters. The smallest absolute Gasteiger partial charge is 0.253 e. The van der Waals surface area contributed by atoms with Gasteiger partial charge in [0.25, 0.3) is 11.5 Å². The van der Waals surface area contributed by atoms with Crippen molar-refractivity contribution in [2.24, 2.45) is 5.41 Å². The molecule has 2 N–H and O–H groups in total. The van der Waals surface area contributed by atoms with Gasteiger partial charge in [0.15, 0.2) is 0 Å². The summed E-state index contributed by atoms with van der Waals surface area (Å²) in [5.41, 5.74) is 3.87. The number of nitrogens with one attached hydrogen (secondary N) is 2. The van der Waals surface area contributed by atoms with Gasteiger partial charge in [0.1, 0.15) is 0 Å². The number of halogens is 1. The molecule has 1 saturated heterocycles. The van der Waals surface area contributed by atoms with E-state index in [4.69, 9.17) is 11.6 Å². The fraction of sp³-hybridized carbons (Fsp3) is 0.536. The number of hydrogen-bond acceptors (Lipinski definition) is 4. The first-order valence-electron chi connectivity index (χ1n) is 12.7. The van der Waals surface area contributed by atoms with E-state index in [1.807, 2.05) is 58.6 Å². The molecule has 1 aliphatic rings. The molecule has 2 heterocycles. The molecular formula is C28H39ClN4O3. The lowest BCUT2D eigenvalue weighted by atomic mass is 9.92. The molecule has 1 aromatic carbocycles. The molecular weight excluding hydrogens is 476 g/mol. The maximum atomic E-state index is 13.2. The van der Waals surface area contributed by atoms with Gasteiger partial charge in [-0.05, 0) is 69.9 Å². The number of amides is 2. The topological polar surface area (TPSA) is 85.5 Å². The number of carbonyl (C=O) groups is 2. The minimum atomic E-state index is -0.384. The van der Waals surface area contributed by atoms with Crippen LogP contribution in [0.2, 0.25) is 5.02 Å². The van der Waals surface area contributed by atoms with Gasteiger partial charge in [-0.15, -0.1) is 0 Å². The first-order chi connectivity index (χ1) is 16.8. The lowest BCUT2D eigenvalue weighted by molar-refractivity contribution is -0.140. The Kier molecular flexibility index (Phi) is 8.55. The number of aromatic nitrogens is 1. The predicted octanol–water partition coefficient (Wildman–Crippen LogP) is 4.75. The van der Waals surface area contributed by atoms with Gasteiger partial charge in [-0.1, -0.05) is 32.4 Å². The molecule has 2 aromatic rings. The highest BCUT2D eigenvalue weighted by atomic mass is 35.5. The molecule has 0 spiro atoms. The van der Waals surface area contributed by atoms with Crippen molar-refractivity contribution in [3.63, 3.8) is 0 Å². The van der Waals surface area contributed by atoms with E-state index in [-0.39, 0.29) is 35.4 Å². The molecule has 0 radical (unpaired) electrons. The van der Waals surface area contributed by atoms with Crippen LogP contribution in [0.5, 0.6) is 0 Å². The summed E-state index contributed by atoms with van der Waals surface area (Å²) in [4.78, 5) is 45.3. The Labute approximate surface area is 219 Å². The molecule has 1 aromatic heterocycles. The van der Waals surface area contributed by atoms with Crippen molar-refractivity contribution in [2.75, 3.05) is 24.5 Å². The van der Waals surface area contributed by atoms with Crippen LogP contribution in [0, 0.1) is 26.2 Å². The van der Waals surface area contributed by atoms with Gasteiger partial charge < -0.3 is 20.1 Å². The normalized spacial score (nSPS) is 14.6. The number of H-pyrrole nitrogens is 1. The van der Waals surface area contributed by atoms with Crippen molar-refractivity contribution in [2.45, 2.75) is 73.9 Å². The number of pyridine rings is 1. The zero-order valence-electron chi connectivity index (χ0n) is 22.5. The summed E-state index contributed by atoms with van der Waals surface area (Å²) in [6.45, 7) is 15.9. The van der Waals surface area contributed by atoms with E-state index in [0.29, 0.717) is 29.2 Å². The van der Waals surface area contributed by atoms with Crippen molar-refractivity contribution < 1.29 is 9.59 Å². The number of likely N-dealkylation sites (tertiary alicyclic amines) is 1. The van der Waals surface area contributed by atoms with Crippen LogP contribution in [0.15, 0.2) is 23.0 Å². The van der Waals surface area contributed by atoms with Gasteiger partial charge >= 0.3 is 0 Å². The van der Waals surface area contributed by atoms with Crippen LogP contribution in [0.25, 0.3) is 0 Å². The Bertz CT molecular complexity index is 1190. The Morgan fingerprint density at radius 2 is 1.78 bits per heavy atom. The van der Waals surface area contributed by atoms with Crippen molar-refractivity contribution in [1.29, 1.82) is 0 Å². The van der Waals surface area contributed by atoms with E-state index >= 15 is 0 Å². The quantitative estimate of drug-likeness (QED) is 0.582. The summed E-state index contributed by atoms with van der Waals surface area (Å²) in [6.07, 6.45) is 1.72. The summed E-state index contributed by atoms with van der Waals surface area (Å²) in [7, 11) is 0. The van der Waals surface area contributed by atoms with E-state index in [1.165, 1.54) is 0 Å². The summed E-state index contributed by atoms with van der Waals surface area (Å²) in [5, 5.41) is 3.39. The summed E-state index contributed by atoms with van der Waals surface area (Å²) in [5.74, 6) is -0.0817. The van der Waals surface area contributed by atoms with Crippen LogP contribution in [-0.4, -0.2) is 47.4 Å². The van der Waals surface area contributed by atoms with Gasteiger partial charge in [-0.3, -0.25) is 14.4 Å². The van der Waals surface area contributed by atoms with E-state index in [1.54, 1.807) is 6.07 Å². The molecule has 196 valence electrons. The van der Waals surface area contributed by atoms with Gasteiger partial charge in [-0.25, -0.2) is 0 Å². The number of rotatable bonds is 6. The van der Waals surface area contributed by atoms with Crippen LogP contribution in [0.3, 0.4) is 0 Å². The average molecular weight is 515 g/mol. The fourth-order valence-electron chi connectivity index (χ4n) is 5.04. The number of nitrogens with zero attached hydrogens (tertiary/aromatic N) is 2. The number of benzene rings is 1. The van der Waals surface area contributed by atoms with Crippen LogP contribution in [0.1, 0.15) is 73.3 Å². The highest BCUT2D eigenvalue weighted by Crippen LogP contribution is 2.32. The van der Waals surface area contributed by atoms with Crippen LogP contribution < -0.4 is 15.8 Å². The van der Waals surface area contributed by atoms with E-state index in [9.17, 15) is 14.4 Å². The molecule has 0 atom stereocenters. The average Bonchev–Trinajstić information content (AvgIpc) is 2.80. The SMILES string of the molecule is CCN(c1cc(Cl)cc(C(=O)NCc2c(C)cc(C)[nH]c2=O)c1C)C1CCN(C(=O)C(C)(C)C)CC1. The lowest BCUT2D eigenvalue weighted by Gasteiger charge is -2.41. The van der Waals surface area contributed by atoms with Crippen LogP contribution in [-0.2, 0) is 11.3 Å².